The van der Waals surface area contributed by atoms with Gasteiger partial charge in [-0.1, -0.05) is 24.3 Å². The number of hydrogen-bond acceptors (Lipinski definition) is 2. The molecule has 1 unspecified atom stereocenters. The van der Waals surface area contributed by atoms with Crippen molar-refractivity contribution in [2.45, 2.75) is 44.2 Å². The minimum absolute atomic E-state index is 0.0196. The van der Waals surface area contributed by atoms with Gasteiger partial charge in [0.2, 0.25) is 0 Å². The monoisotopic (exact) mass is 231 g/mol. The first-order valence-electron chi connectivity index (χ1n) is 6.79. The van der Waals surface area contributed by atoms with Crippen LogP contribution < -0.4 is 5.32 Å². The van der Waals surface area contributed by atoms with Crippen LogP contribution in [0.25, 0.3) is 0 Å². The summed E-state index contributed by atoms with van der Waals surface area (Å²) in [4.78, 5) is 0. The van der Waals surface area contributed by atoms with Crippen LogP contribution in [0.2, 0.25) is 0 Å². The highest BCUT2D eigenvalue weighted by Crippen LogP contribution is 2.27. The van der Waals surface area contributed by atoms with Gasteiger partial charge in [0, 0.05) is 6.04 Å². The number of aryl methyl sites for hydroxylation is 1. The molecule has 2 nitrogen and oxygen atoms in total. The Hall–Kier alpha value is -0.860. The largest absolute Gasteiger partial charge is 0.393 e. The second-order valence-corrected chi connectivity index (χ2v) is 5.61. The van der Waals surface area contributed by atoms with Gasteiger partial charge in [-0.2, -0.15) is 0 Å². The van der Waals surface area contributed by atoms with Crippen LogP contribution in [0.3, 0.4) is 0 Å². The van der Waals surface area contributed by atoms with Gasteiger partial charge in [0.25, 0.3) is 0 Å². The molecule has 2 aliphatic rings. The van der Waals surface area contributed by atoms with E-state index in [1.165, 1.54) is 30.4 Å². The van der Waals surface area contributed by atoms with Crippen molar-refractivity contribution in [3.8, 4) is 0 Å². The van der Waals surface area contributed by atoms with Crippen molar-refractivity contribution in [3.05, 3.63) is 35.4 Å². The van der Waals surface area contributed by atoms with E-state index in [-0.39, 0.29) is 6.10 Å². The highest BCUT2D eigenvalue weighted by molar-refractivity contribution is 5.30. The Morgan fingerprint density at radius 1 is 1.18 bits per heavy atom. The third-order valence-electron chi connectivity index (χ3n) is 4.25. The second-order valence-electron chi connectivity index (χ2n) is 5.61. The van der Waals surface area contributed by atoms with E-state index in [9.17, 15) is 5.11 Å². The maximum atomic E-state index is 9.26. The second kappa shape index (κ2) is 4.79. The van der Waals surface area contributed by atoms with Gasteiger partial charge in [-0.05, 0) is 55.7 Å². The fraction of sp³-hybridized carbons (Fsp3) is 0.600. The number of aliphatic hydroxyl groups is 1. The van der Waals surface area contributed by atoms with E-state index < -0.39 is 0 Å². The zero-order chi connectivity index (χ0) is 11.7. The third kappa shape index (κ3) is 2.53. The normalized spacial score (nSPS) is 31.7. The molecule has 1 atom stereocenters. The quantitative estimate of drug-likeness (QED) is 0.833. The molecular formula is C15H21NO. The number of nitrogens with one attached hydrogen (secondary N) is 1. The highest BCUT2D eigenvalue weighted by Gasteiger charge is 2.27. The van der Waals surface area contributed by atoms with Gasteiger partial charge in [0.05, 0.1) is 6.10 Å². The van der Waals surface area contributed by atoms with Gasteiger partial charge in [-0.15, -0.1) is 0 Å². The molecule has 0 saturated heterocycles. The van der Waals surface area contributed by atoms with E-state index in [4.69, 9.17) is 0 Å². The van der Waals surface area contributed by atoms with Gasteiger partial charge in [0.15, 0.2) is 0 Å². The average Bonchev–Trinajstić information content (AvgIpc) is 2.33. The molecule has 0 radical (unpaired) electrons. The maximum absolute atomic E-state index is 9.26. The van der Waals surface area contributed by atoms with Gasteiger partial charge >= 0.3 is 0 Å². The maximum Gasteiger partial charge on any atom is 0.0546 e. The summed E-state index contributed by atoms with van der Waals surface area (Å²) in [6.07, 6.45) is 5.61. The minimum Gasteiger partial charge on any atom is -0.393 e. The van der Waals surface area contributed by atoms with E-state index in [0.29, 0.717) is 12.0 Å². The predicted molar refractivity (Wildman–Crippen MR) is 69.0 cm³/mol. The summed E-state index contributed by atoms with van der Waals surface area (Å²) in [5.41, 5.74) is 3.05. The van der Waals surface area contributed by atoms with Gasteiger partial charge in [-0.25, -0.2) is 0 Å². The van der Waals surface area contributed by atoms with Gasteiger partial charge in [-0.3, -0.25) is 0 Å². The lowest BCUT2D eigenvalue weighted by atomic mass is 9.81. The topological polar surface area (TPSA) is 32.3 Å². The first-order chi connectivity index (χ1) is 8.31. The summed E-state index contributed by atoms with van der Waals surface area (Å²) >= 11 is 0. The Labute approximate surface area is 103 Å². The average molecular weight is 231 g/mol. The van der Waals surface area contributed by atoms with Crippen LogP contribution in [-0.2, 0) is 12.8 Å². The van der Waals surface area contributed by atoms with Crippen molar-refractivity contribution in [1.29, 1.82) is 0 Å². The molecule has 0 spiro atoms. The molecule has 2 heteroatoms. The lowest BCUT2D eigenvalue weighted by molar-refractivity contribution is 0.0416. The number of rotatable bonds is 3. The van der Waals surface area contributed by atoms with Crippen LogP contribution >= 0.6 is 0 Å². The molecule has 2 N–H and O–H groups in total. The van der Waals surface area contributed by atoms with Crippen LogP contribution in [0.5, 0.6) is 0 Å². The van der Waals surface area contributed by atoms with E-state index in [2.05, 4.69) is 29.6 Å². The van der Waals surface area contributed by atoms with E-state index in [1.54, 1.807) is 0 Å². The van der Waals surface area contributed by atoms with Gasteiger partial charge < -0.3 is 10.4 Å². The summed E-state index contributed by atoms with van der Waals surface area (Å²) in [6, 6.07) is 9.44. The smallest absolute Gasteiger partial charge is 0.0546 e. The molecule has 0 amide bonds. The molecule has 0 aromatic heterocycles. The Morgan fingerprint density at radius 3 is 2.71 bits per heavy atom. The Bertz CT molecular complexity index is 384. The van der Waals surface area contributed by atoms with Crippen molar-refractivity contribution < 1.29 is 5.11 Å². The van der Waals surface area contributed by atoms with E-state index >= 15 is 0 Å². The number of aliphatic hydroxyl groups excluding tert-OH is 1. The van der Waals surface area contributed by atoms with Crippen LogP contribution in [0.4, 0.5) is 0 Å². The zero-order valence-electron chi connectivity index (χ0n) is 10.2. The minimum atomic E-state index is -0.0196. The number of benzene rings is 1. The fourth-order valence-corrected chi connectivity index (χ4v) is 3.07. The van der Waals surface area contributed by atoms with E-state index in [1.807, 2.05) is 0 Å². The molecular weight excluding hydrogens is 210 g/mol. The first kappa shape index (κ1) is 11.2. The molecule has 1 saturated carbocycles. The Balaban J connectivity index is 1.50. The van der Waals surface area contributed by atoms with Crippen LogP contribution in [0.1, 0.15) is 30.4 Å². The van der Waals surface area contributed by atoms with Crippen molar-refractivity contribution in [2.75, 3.05) is 6.54 Å². The predicted octanol–water partition coefficient (Wildman–Crippen LogP) is 1.90. The third-order valence-corrected chi connectivity index (χ3v) is 4.25. The van der Waals surface area contributed by atoms with Crippen molar-refractivity contribution in [1.82, 2.24) is 5.32 Å². The summed E-state index contributed by atoms with van der Waals surface area (Å²) in [7, 11) is 0. The van der Waals surface area contributed by atoms with Crippen molar-refractivity contribution in [3.63, 3.8) is 0 Å². The molecule has 1 fully saturated rings. The van der Waals surface area contributed by atoms with E-state index in [0.717, 1.165) is 19.4 Å². The van der Waals surface area contributed by atoms with Crippen molar-refractivity contribution >= 4 is 0 Å². The summed E-state index contributed by atoms with van der Waals surface area (Å²) < 4.78 is 0. The fourth-order valence-electron chi connectivity index (χ4n) is 3.07. The Kier molecular flexibility index (Phi) is 3.17. The molecule has 1 aromatic rings. The standard InChI is InChI=1S/C15H21NO/c17-15-7-11(8-15)10-16-14-6-5-12-3-1-2-4-13(12)9-14/h1-4,11,14-17H,5-10H2. The number of hydrogen-bond donors (Lipinski definition) is 2. The summed E-state index contributed by atoms with van der Waals surface area (Å²) in [5, 5.41) is 12.9. The SMILES string of the molecule is OC1CC(CNC2CCc3ccccc3C2)C1. The molecule has 0 bridgehead atoms. The molecule has 92 valence electrons. The zero-order valence-corrected chi connectivity index (χ0v) is 10.2. The Morgan fingerprint density at radius 2 is 1.94 bits per heavy atom. The molecule has 0 heterocycles. The molecule has 3 rings (SSSR count). The molecule has 2 aliphatic carbocycles. The van der Waals surface area contributed by atoms with Crippen LogP contribution in [0, 0.1) is 5.92 Å². The van der Waals surface area contributed by atoms with Crippen LogP contribution in [0.15, 0.2) is 24.3 Å². The number of fused-ring (bicyclic) bond motifs is 1. The lowest BCUT2D eigenvalue weighted by Crippen LogP contribution is -2.42. The molecule has 0 aliphatic heterocycles. The van der Waals surface area contributed by atoms with Crippen LogP contribution in [-0.4, -0.2) is 23.8 Å². The van der Waals surface area contributed by atoms with Crippen molar-refractivity contribution in [2.24, 2.45) is 5.92 Å². The highest BCUT2D eigenvalue weighted by atomic mass is 16.3. The summed E-state index contributed by atoms with van der Waals surface area (Å²) in [5.74, 6) is 0.710. The first-order valence-corrected chi connectivity index (χ1v) is 6.79. The van der Waals surface area contributed by atoms with Gasteiger partial charge in [0.1, 0.15) is 0 Å². The molecule has 1 aromatic carbocycles. The summed E-state index contributed by atoms with van der Waals surface area (Å²) in [6.45, 7) is 1.09. The lowest BCUT2D eigenvalue weighted by Gasteiger charge is -2.34. The molecule has 17 heavy (non-hydrogen) atoms.